The van der Waals surface area contributed by atoms with E-state index in [1.165, 1.54) is 38.8 Å². The predicted molar refractivity (Wildman–Crippen MR) is 57.7 cm³/mol. The van der Waals surface area contributed by atoms with Crippen LogP contribution >= 0.6 is 0 Å². The lowest BCUT2D eigenvalue weighted by atomic mass is 9.99. The molecule has 0 saturated carbocycles. The van der Waals surface area contributed by atoms with Crippen LogP contribution in [0.15, 0.2) is 0 Å². The summed E-state index contributed by atoms with van der Waals surface area (Å²) in [5.74, 6) is 0.826. The molecule has 0 aromatic carbocycles. The molecule has 2 nitrogen and oxygen atoms in total. The van der Waals surface area contributed by atoms with E-state index in [1.54, 1.807) is 0 Å². The highest BCUT2D eigenvalue weighted by molar-refractivity contribution is 4.78. The van der Waals surface area contributed by atoms with E-state index in [4.69, 9.17) is 5.73 Å². The number of hydrogen-bond donors (Lipinski definition) is 1. The minimum Gasteiger partial charge on any atom is -0.329 e. The maximum absolute atomic E-state index is 5.77. The van der Waals surface area contributed by atoms with E-state index in [2.05, 4.69) is 18.7 Å². The van der Waals surface area contributed by atoms with Crippen molar-refractivity contribution in [1.82, 2.24) is 4.90 Å². The molecule has 1 rings (SSSR count). The Balaban J connectivity index is 2.35. The second-order valence-electron chi connectivity index (χ2n) is 4.39. The first-order valence-corrected chi connectivity index (χ1v) is 5.72. The third-order valence-electron chi connectivity index (χ3n) is 3.26. The molecule has 2 unspecified atom stereocenters. The average Bonchev–Trinajstić information content (AvgIpc) is 2.18. The Kier molecular flexibility index (Phi) is 4.74. The fourth-order valence-corrected chi connectivity index (χ4v) is 2.10. The van der Waals surface area contributed by atoms with Crippen molar-refractivity contribution in [3.8, 4) is 0 Å². The summed E-state index contributed by atoms with van der Waals surface area (Å²) in [6, 6.07) is 0.669. The quantitative estimate of drug-likeness (QED) is 0.722. The minimum atomic E-state index is 0.669. The number of nitrogens with two attached hydrogens (primary N) is 1. The van der Waals surface area contributed by atoms with E-state index in [-0.39, 0.29) is 0 Å². The van der Waals surface area contributed by atoms with Gasteiger partial charge in [0.1, 0.15) is 0 Å². The Bertz CT molecular complexity index is 136. The molecule has 1 fully saturated rings. The summed E-state index contributed by atoms with van der Waals surface area (Å²) in [5.41, 5.74) is 5.77. The molecule has 2 heteroatoms. The summed E-state index contributed by atoms with van der Waals surface area (Å²) in [7, 11) is 0. The van der Waals surface area contributed by atoms with Gasteiger partial charge in [-0.2, -0.15) is 0 Å². The van der Waals surface area contributed by atoms with Crippen molar-refractivity contribution in [2.45, 2.75) is 45.6 Å². The number of nitrogens with zero attached hydrogens (tertiary/aromatic N) is 1. The fraction of sp³-hybridized carbons (Fsp3) is 1.00. The highest BCUT2D eigenvalue weighted by Gasteiger charge is 2.21. The molecule has 2 N–H and O–H groups in total. The average molecular weight is 184 g/mol. The molecule has 0 aliphatic carbocycles. The Labute approximate surface area is 82.5 Å². The van der Waals surface area contributed by atoms with Crippen molar-refractivity contribution < 1.29 is 0 Å². The summed E-state index contributed by atoms with van der Waals surface area (Å²) in [5, 5.41) is 0. The zero-order valence-corrected chi connectivity index (χ0v) is 9.13. The largest absolute Gasteiger partial charge is 0.329 e. The maximum Gasteiger partial charge on any atom is 0.0218 e. The van der Waals surface area contributed by atoms with Crippen LogP contribution in [0.5, 0.6) is 0 Å². The van der Waals surface area contributed by atoms with E-state index in [1.807, 2.05) is 0 Å². The molecule has 78 valence electrons. The maximum atomic E-state index is 5.77. The first kappa shape index (κ1) is 11.0. The van der Waals surface area contributed by atoms with Crippen molar-refractivity contribution in [2.75, 3.05) is 19.6 Å². The molecule has 13 heavy (non-hydrogen) atoms. The molecule has 1 aliphatic rings. The first-order valence-electron chi connectivity index (χ1n) is 5.72. The Morgan fingerprint density at radius 3 is 2.85 bits per heavy atom. The highest BCUT2D eigenvalue weighted by atomic mass is 15.2. The zero-order valence-electron chi connectivity index (χ0n) is 9.13. The van der Waals surface area contributed by atoms with E-state index in [9.17, 15) is 0 Å². The van der Waals surface area contributed by atoms with E-state index in [0.29, 0.717) is 6.04 Å². The lowest BCUT2D eigenvalue weighted by Gasteiger charge is -2.36. The topological polar surface area (TPSA) is 29.3 Å². The van der Waals surface area contributed by atoms with Gasteiger partial charge in [-0.15, -0.1) is 0 Å². The minimum absolute atomic E-state index is 0.669. The number of likely N-dealkylation sites (tertiary alicyclic amines) is 1. The van der Waals surface area contributed by atoms with Crippen LogP contribution in [0.25, 0.3) is 0 Å². The molecule has 0 aromatic rings. The van der Waals surface area contributed by atoms with Gasteiger partial charge in [0, 0.05) is 19.1 Å². The van der Waals surface area contributed by atoms with Gasteiger partial charge in [0.2, 0.25) is 0 Å². The Morgan fingerprint density at radius 2 is 2.23 bits per heavy atom. The molecular formula is C11H24N2. The van der Waals surface area contributed by atoms with Gasteiger partial charge in [-0.05, 0) is 25.3 Å². The lowest BCUT2D eigenvalue weighted by Crippen LogP contribution is -2.45. The van der Waals surface area contributed by atoms with Gasteiger partial charge < -0.3 is 5.73 Å². The third kappa shape index (κ3) is 3.28. The van der Waals surface area contributed by atoms with Gasteiger partial charge in [-0.3, -0.25) is 4.90 Å². The molecule has 2 atom stereocenters. The van der Waals surface area contributed by atoms with Crippen molar-refractivity contribution in [2.24, 2.45) is 11.7 Å². The molecule has 1 saturated heterocycles. The zero-order chi connectivity index (χ0) is 9.68. The first-order chi connectivity index (χ1) is 6.27. The van der Waals surface area contributed by atoms with Crippen LogP contribution in [-0.4, -0.2) is 30.6 Å². The molecule has 0 spiro atoms. The Morgan fingerprint density at radius 1 is 1.46 bits per heavy atom. The van der Waals surface area contributed by atoms with Crippen molar-refractivity contribution in [3.63, 3.8) is 0 Å². The van der Waals surface area contributed by atoms with Gasteiger partial charge in [-0.1, -0.05) is 26.7 Å². The smallest absolute Gasteiger partial charge is 0.0218 e. The van der Waals surface area contributed by atoms with E-state index >= 15 is 0 Å². The number of piperidine rings is 1. The van der Waals surface area contributed by atoms with E-state index in [0.717, 1.165) is 12.5 Å². The highest BCUT2D eigenvalue weighted by Crippen LogP contribution is 2.18. The van der Waals surface area contributed by atoms with Crippen LogP contribution < -0.4 is 5.73 Å². The van der Waals surface area contributed by atoms with Crippen LogP contribution in [0.3, 0.4) is 0 Å². The van der Waals surface area contributed by atoms with Gasteiger partial charge in [-0.25, -0.2) is 0 Å². The van der Waals surface area contributed by atoms with Crippen LogP contribution in [0.1, 0.15) is 39.5 Å². The summed E-state index contributed by atoms with van der Waals surface area (Å²) in [6.45, 7) is 7.97. The third-order valence-corrected chi connectivity index (χ3v) is 3.26. The van der Waals surface area contributed by atoms with Crippen LogP contribution in [-0.2, 0) is 0 Å². The van der Waals surface area contributed by atoms with Crippen LogP contribution in [0.2, 0.25) is 0 Å². The van der Waals surface area contributed by atoms with Gasteiger partial charge in [0.25, 0.3) is 0 Å². The van der Waals surface area contributed by atoms with Crippen molar-refractivity contribution in [1.29, 1.82) is 0 Å². The molecule has 1 aliphatic heterocycles. The van der Waals surface area contributed by atoms with Gasteiger partial charge >= 0.3 is 0 Å². The summed E-state index contributed by atoms with van der Waals surface area (Å²) in [6.07, 6.45) is 5.34. The van der Waals surface area contributed by atoms with E-state index < -0.39 is 0 Å². The summed E-state index contributed by atoms with van der Waals surface area (Å²) < 4.78 is 0. The molecule has 0 amide bonds. The lowest BCUT2D eigenvalue weighted by molar-refractivity contribution is 0.132. The number of rotatable bonds is 4. The number of hydrogen-bond acceptors (Lipinski definition) is 2. The Hall–Kier alpha value is -0.0800. The molecule has 0 radical (unpaired) electrons. The van der Waals surface area contributed by atoms with Crippen LogP contribution in [0.4, 0.5) is 0 Å². The molecule has 1 heterocycles. The van der Waals surface area contributed by atoms with Crippen molar-refractivity contribution in [3.05, 3.63) is 0 Å². The second-order valence-corrected chi connectivity index (χ2v) is 4.39. The molecule has 0 aromatic heterocycles. The van der Waals surface area contributed by atoms with Crippen LogP contribution in [0, 0.1) is 5.92 Å². The fourth-order valence-electron chi connectivity index (χ4n) is 2.10. The standard InChI is InChI=1S/C11H24N2/c1-3-10(2)9-13-7-5-4-6-11(13)8-12/h10-11H,3-9,12H2,1-2H3. The summed E-state index contributed by atoms with van der Waals surface area (Å²) in [4.78, 5) is 2.59. The molecule has 0 bridgehead atoms. The predicted octanol–water partition coefficient (Wildman–Crippen LogP) is 1.85. The molecular weight excluding hydrogens is 160 g/mol. The van der Waals surface area contributed by atoms with Crippen molar-refractivity contribution >= 4 is 0 Å². The van der Waals surface area contributed by atoms with Gasteiger partial charge in [0.05, 0.1) is 0 Å². The SMILES string of the molecule is CCC(C)CN1CCCCC1CN. The normalized spacial score (nSPS) is 27.5. The van der Waals surface area contributed by atoms with Gasteiger partial charge in [0.15, 0.2) is 0 Å². The monoisotopic (exact) mass is 184 g/mol. The summed E-state index contributed by atoms with van der Waals surface area (Å²) >= 11 is 0. The second kappa shape index (κ2) is 5.61.